The van der Waals surface area contributed by atoms with Crippen molar-refractivity contribution < 1.29 is 29.5 Å². The fourth-order valence-corrected chi connectivity index (χ4v) is 2.36. The van der Waals surface area contributed by atoms with Crippen LogP contribution in [0, 0.1) is 60.7 Å². The first-order valence-corrected chi connectivity index (χ1v) is 7.34. The Hall–Kier alpha value is -4.36. The van der Waals surface area contributed by atoms with E-state index in [-0.39, 0.29) is 29.6 Å². The summed E-state index contributed by atoms with van der Waals surface area (Å²) in [4.78, 5) is 59.5. The number of hydrogen-bond donors (Lipinski definition) is 1. The van der Waals surface area contributed by atoms with Crippen LogP contribution >= 0.6 is 0 Å². The van der Waals surface area contributed by atoms with Gasteiger partial charge in [-0.25, -0.2) is 0 Å². The summed E-state index contributed by atoms with van der Waals surface area (Å²) in [6, 6.07) is 1.16. The van der Waals surface area contributed by atoms with Gasteiger partial charge in [0.2, 0.25) is 0 Å². The van der Waals surface area contributed by atoms with E-state index >= 15 is 0 Å². The summed E-state index contributed by atoms with van der Waals surface area (Å²) in [6.45, 7) is 0. The molecule has 2 rings (SSSR count). The zero-order chi connectivity index (χ0) is 23.6. The van der Waals surface area contributed by atoms with E-state index in [0.717, 1.165) is 0 Å². The standard InChI is InChI=1S/C12H5N7O12.Na/c20-14(21)5-1-7(16(24)25)11(8(2-5)17(26)27)13-12-9(18(28)29)3-6(15(22)23)4-10(12)19(30)31;/h1-4,13H;. The van der Waals surface area contributed by atoms with Crippen LogP contribution in [0.15, 0.2) is 24.3 Å². The van der Waals surface area contributed by atoms with Gasteiger partial charge in [-0.3, -0.25) is 60.7 Å². The average molecular weight is 462 g/mol. The molecule has 1 N–H and O–H groups in total. The molecular weight excluding hydrogens is 457 g/mol. The molecule has 1 radical (unpaired) electrons. The number of hydrogen-bond acceptors (Lipinski definition) is 13. The maximum Gasteiger partial charge on any atom is 0.306 e. The summed E-state index contributed by atoms with van der Waals surface area (Å²) in [7, 11) is 0. The number of nitrogens with zero attached hydrogens (tertiary/aromatic N) is 6. The number of benzene rings is 2. The molecule has 0 spiro atoms. The third-order valence-electron chi connectivity index (χ3n) is 3.62. The second kappa shape index (κ2) is 9.63. The van der Waals surface area contributed by atoms with E-state index < -0.39 is 75.0 Å². The molecule has 20 heteroatoms. The van der Waals surface area contributed by atoms with Gasteiger partial charge < -0.3 is 5.32 Å². The van der Waals surface area contributed by atoms with Gasteiger partial charge in [0.05, 0.1) is 53.8 Å². The Morgan fingerprint density at radius 2 is 0.688 bits per heavy atom. The molecule has 0 fully saturated rings. The Labute approximate surface area is 194 Å². The first kappa shape index (κ1) is 25.7. The first-order chi connectivity index (χ1) is 14.3. The monoisotopic (exact) mass is 462 g/mol. The fraction of sp³-hybridized carbons (Fsp3) is 0. The van der Waals surface area contributed by atoms with Crippen LogP contribution < -0.4 is 5.32 Å². The molecule has 0 aromatic heterocycles. The van der Waals surface area contributed by atoms with Crippen LogP contribution in [0.1, 0.15) is 0 Å². The largest absolute Gasteiger partial charge is 0.333 e. The number of nitro benzene ring substituents is 6. The van der Waals surface area contributed by atoms with Crippen molar-refractivity contribution >= 4 is 75.1 Å². The third kappa shape index (κ3) is 5.03. The first-order valence-electron chi connectivity index (χ1n) is 7.34. The topological polar surface area (TPSA) is 271 Å². The Morgan fingerprint density at radius 3 is 0.844 bits per heavy atom. The molecule has 19 nitrogen and oxygen atoms in total. The quantitative estimate of drug-likeness (QED) is 0.336. The third-order valence-corrected chi connectivity index (χ3v) is 3.62. The smallest absolute Gasteiger partial charge is 0.306 e. The zero-order valence-corrected chi connectivity index (χ0v) is 17.4. The minimum absolute atomic E-state index is 0. The number of nitro groups is 6. The van der Waals surface area contributed by atoms with Crippen molar-refractivity contribution in [2.24, 2.45) is 0 Å². The molecule has 0 aliphatic rings. The summed E-state index contributed by atoms with van der Waals surface area (Å²) in [6.07, 6.45) is 0. The molecule has 0 aliphatic heterocycles. The van der Waals surface area contributed by atoms with E-state index in [4.69, 9.17) is 0 Å². The van der Waals surface area contributed by atoms with Crippen LogP contribution in [-0.2, 0) is 0 Å². The van der Waals surface area contributed by atoms with E-state index in [1.54, 1.807) is 0 Å². The zero-order valence-electron chi connectivity index (χ0n) is 15.4. The average Bonchev–Trinajstić information content (AvgIpc) is 2.66. The summed E-state index contributed by atoms with van der Waals surface area (Å²) >= 11 is 0. The van der Waals surface area contributed by atoms with Crippen LogP contribution in [0.4, 0.5) is 45.5 Å². The van der Waals surface area contributed by atoms with Gasteiger partial charge in [-0.05, 0) is 0 Å². The van der Waals surface area contributed by atoms with Crippen LogP contribution in [0.3, 0.4) is 0 Å². The summed E-state index contributed by atoms with van der Waals surface area (Å²) < 4.78 is 0. The number of non-ortho nitro benzene ring substituents is 2. The van der Waals surface area contributed by atoms with E-state index in [9.17, 15) is 60.7 Å². The van der Waals surface area contributed by atoms with Crippen molar-refractivity contribution in [1.82, 2.24) is 0 Å². The molecule has 0 atom stereocenters. The Kier molecular flexibility index (Phi) is 7.73. The van der Waals surface area contributed by atoms with Gasteiger partial charge in [-0.15, -0.1) is 0 Å². The van der Waals surface area contributed by atoms with Gasteiger partial charge in [-0.1, -0.05) is 0 Å². The Bertz CT molecular complexity index is 1040. The van der Waals surface area contributed by atoms with Crippen molar-refractivity contribution in [3.05, 3.63) is 85.0 Å². The van der Waals surface area contributed by atoms with E-state index in [1.165, 1.54) is 0 Å². The van der Waals surface area contributed by atoms with Gasteiger partial charge in [0, 0.05) is 29.6 Å². The summed E-state index contributed by atoms with van der Waals surface area (Å²) in [5.74, 6) is 0. The maximum atomic E-state index is 11.3. The van der Waals surface area contributed by atoms with Crippen molar-refractivity contribution in [3.8, 4) is 0 Å². The minimum atomic E-state index is -1.30. The van der Waals surface area contributed by atoms with E-state index in [0.29, 0.717) is 24.3 Å². The Morgan fingerprint density at radius 1 is 0.469 bits per heavy atom. The van der Waals surface area contributed by atoms with Crippen molar-refractivity contribution in [3.63, 3.8) is 0 Å². The SMILES string of the molecule is O=[N+]([O-])c1cc([N+](=O)[O-])c(Nc2c([N+](=O)[O-])cc([N+](=O)[O-])cc2[N+](=O)[O-])c([N+](=O)[O-])c1.[Na]. The molecule has 0 heterocycles. The normalized spacial score (nSPS) is 9.88. The molecule has 2 aromatic rings. The number of anilines is 2. The van der Waals surface area contributed by atoms with Crippen LogP contribution in [0.2, 0.25) is 0 Å². The predicted octanol–water partition coefficient (Wildman–Crippen LogP) is 2.50. The molecule has 0 saturated heterocycles. The molecule has 0 unspecified atom stereocenters. The van der Waals surface area contributed by atoms with E-state index in [1.807, 2.05) is 5.32 Å². The molecule has 161 valence electrons. The van der Waals surface area contributed by atoms with Crippen molar-refractivity contribution in [2.45, 2.75) is 0 Å². The van der Waals surface area contributed by atoms with Gasteiger partial charge in [-0.2, -0.15) is 0 Å². The van der Waals surface area contributed by atoms with Crippen LogP contribution in [-0.4, -0.2) is 59.1 Å². The molecular formula is C12H5N7NaO12. The minimum Gasteiger partial charge on any atom is -0.333 e. The van der Waals surface area contributed by atoms with E-state index in [2.05, 4.69) is 0 Å². The maximum absolute atomic E-state index is 11.3. The molecule has 0 saturated carbocycles. The second-order valence-corrected chi connectivity index (χ2v) is 5.39. The predicted molar refractivity (Wildman–Crippen MR) is 102 cm³/mol. The fourth-order valence-electron chi connectivity index (χ4n) is 2.36. The molecule has 32 heavy (non-hydrogen) atoms. The van der Waals surface area contributed by atoms with Crippen molar-refractivity contribution in [2.75, 3.05) is 5.32 Å². The molecule has 0 aliphatic carbocycles. The summed E-state index contributed by atoms with van der Waals surface area (Å²) in [5.41, 5.74) is -9.66. The van der Waals surface area contributed by atoms with Crippen LogP contribution in [0.5, 0.6) is 0 Å². The van der Waals surface area contributed by atoms with Gasteiger partial charge in [0.25, 0.3) is 11.4 Å². The number of rotatable bonds is 8. The van der Waals surface area contributed by atoms with Gasteiger partial charge in [0.15, 0.2) is 11.4 Å². The number of nitrogens with one attached hydrogen (secondary N) is 1. The van der Waals surface area contributed by atoms with Crippen molar-refractivity contribution in [1.29, 1.82) is 0 Å². The van der Waals surface area contributed by atoms with Crippen LogP contribution in [0.25, 0.3) is 0 Å². The van der Waals surface area contributed by atoms with Gasteiger partial charge >= 0.3 is 22.7 Å². The Balaban J connectivity index is 0.00000512. The second-order valence-electron chi connectivity index (χ2n) is 5.39. The van der Waals surface area contributed by atoms with Gasteiger partial charge in [0.1, 0.15) is 0 Å². The molecule has 0 bridgehead atoms. The summed E-state index contributed by atoms with van der Waals surface area (Å²) in [5, 5.41) is 68.9. The molecule has 0 amide bonds. The molecule has 2 aromatic carbocycles.